The van der Waals surface area contributed by atoms with E-state index in [0.29, 0.717) is 6.04 Å². The van der Waals surface area contributed by atoms with E-state index in [2.05, 4.69) is 27.7 Å². The largest absolute Gasteiger partial charge is 0.382 e. The van der Waals surface area contributed by atoms with Gasteiger partial charge in [0.2, 0.25) is 5.91 Å². The second-order valence-corrected chi connectivity index (χ2v) is 6.73. The van der Waals surface area contributed by atoms with Crippen LogP contribution in [0.4, 0.5) is 11.4 Å². The van der Waals surface area contributed by atoms with Gasteiger partial charge in [0.25, 0.3) is 0 Å². The molecule has 1 amide bonds. The van der Waals surface area contributed by atoms with Gasteiger partial charge in [-0.1, -0.05) is 6.07 Å². The number of hydrogen-bond acceptors (Lipinski definition) is 3. The minimum atomic E-state index is 0.177. The van der Waals surface area contributed by atoms with E-state index in [4.69, 9.17) is 0 Å². The SMILES string of the molecule is O=C(Nc1cccc(NC2CCN3CCC2C3)c1)C1CC1. The van der Waals surface area contributed by atoms with Crippen molar-refractivity contribution in [2.24, 2.45) is 11.8 Å². The fraction of sp³-hybridized carbons (Fsp3) is 0.588. The number of amides is 1. The lowest BCUT2D eigenvalue weighted by atomic mass is 9.94. The Labute approximate surface area is 125 Å². The summed E-state index contributed by atoms with van der Waals surface area (Å²) in [5.41, 5.74) is 2.05. The molecule has 2 bridgehead atoms. The predicted octanol–water partition coefficient (Wildman–Crippen LogP) is 2.54. The average Bonchev–Trinajstić information content (AvgIpc) is 3.26. The van der Waals surface area contributed by atoms with E-state index in [0.717, 1.165) is 30.1 Å². The molecule has 1 aromatic carbocycles. The Kier molecular flexibility index (Phi) is 3.34. The van der Waals surface area contributed by atoms with Gasteiger partial charge in [0.15, 0.2) is 0 Å². The zero-order chi connectivity index (χ0) is 14.2. The van der Waals surface area contributed by atoms with Crippen LogP contribution in [-0.2, 0) is 4.79 Å². The van der Waals surface area contributed by atoms with Crippen molar-refractivity contribution in [3.63, 3.8) is 0 Å². The van der Waals surface area contributed by atoms with Gasteiger partial charge in [0.05, 0.1) is 0 Å². The topological polar surface area (TPSA) is 44.4 Å². The maximum Gasteiger partial charge on any atom is 0.227 e. The number of carbonyl (C=O) groups is 1. The lowest BCUT2D eigenvalue weighted by molar-refractivity contribution is -0.117. The van der Waals surface area contributed by atoms with Crippen molar-refractivity contribution in [3.05, 3.63) is 24.3 Å². The van der Waals surface area contributed by atoms with Crippen LogP contribution in [-0.4, -0.2) is 36.5 Å². The Hall–Kier alpha value is -1.55. The fourth-order valence-electron chi connectivity index (χ4n) is 3.63. The molecule has 0 spiro atoms. The first-order valence-corrected chi connectivity index (χ1v) is 8.18. The zero-order valence-corrected chi connectivity index (χ0v) is 12.3. The van der Waals surface area contributed by atoms with Crippen LogP contribution in [0.15, 0.2) is 24.3 Å². The minimum Gasteiger partial charge on any atom is -0.382 e. The number of piperidine rings is 1. The molecule has 0 radical (unpaired) electrons. The zero-order valence-electron chi connectivity index (χ0n) is 12.3. The highest BCUT2D eigenvalue weighted by atomic mass is 16.2. The first-order chi connectivity index (χ1) is 10.3. The number of fused-ring (bicyclic) bond motifs is 2. The Morgan fingerprint density at radius 2 is 1.90 bits per heavy atom. The molecule has 3 unspecified atom stereocenters. The number of benzene rings is 1. The molecule has 0 aromatic heterocycles. The predicted molar refractivity (Wildman–Crippen MR) is 84.4 cm³/mol. The smallest absolute Gasteiger partial charge is 0.227 e. The number of rotatable bonds is 4. The molecule has 4 rings (SSSR count). The van der Waals surface area contributed by atoms with Crippen molar-refractivity contribution in [2.45, 2.75) is 31.7 Å². The summed E-state index contributed by atoms with van der Waals surface area (Å²) >= 11 is 0. The minimum absolute atomic E-state index is 0.177. The summed E-state index contributed by atoms with van der Waals surface area (Å²) in [4.78, 5) is 14.4. The van der Waals surface area contributed by atoms with Gasteiger partial charge in [-0.25, -0.2) is 0 Å². The van der Waals surface area contributed by atoms with Crippen molar-refractivity contribution < 1.29 is 4.79 Å². The van der Waals surface area contributed by atoms with Crippen LogP contribution >= 0.6 is 0 Å². The molecule has 1 saturated carbocycles. The molecular formula is C17H23N3O. The van der Waals surface area contributed by atoms with Crippen LogP contribution in [0, 0.1) is 11.8 Å². The van der Waals surface area contributed by atoms with Gasteiger partial charge in [-0.3, -0.25) is 4.79 Å². The molecule has 1 aliphatic carbocycles. The maximum atomic E-state index is 11.8. The van der Waals surface area contributed by atoms with Gasteiger partial charge in [0.1, 0.15) is 0 Å². The number of nitrogens with one attached hydrogen (secondary N) is 2. The summed E-state index contributed by atoms with van der Waals surface area (Å²) in [6, 6.07) is 8.76. The lowest BCUT2D eigenvalue weighted by Gasteiger charge is -2.31. The summed E-state index contributed by atoms with van der Waals surface area (Å²) in [5.74, 6) is 1.21. The quantitative estimate of drug-likeness (QED) is 0.893. The molecule has 3 atom stereocenters. The number of anilines is 2. The van der Waals surface area contributed by atoms with Crippen LogP contribution in [0.2, 0.25) is 0 Å². The Bertz CT molecular complexity index is 541. The molecule has 112 valence electrons. The van der Waals surface area contributed by atoms with E-state index in [-0.39, 0.29) is 11.8 Å². The molecule has 1 aromatic rings. The molecule has 2 N–H and O–H groups in total. The molecule has 4 heteroatoms. The third-order valence-electron chi connectivity index (χ3n) is 5.06. The van der Waals surface area contributed by atoms with Crippen molar-refractivity contribution in [3.8, 4) is 0 Å². The summed E-state index contributed by atoms with van der Waals surface area (Å²) < 4.78 is 0. The second-order valence-electron chi connectivity index (χ2n) is 6.73. The van der Waals surface area contributed by atoms with Gasteiger partial charge in [-0.15, -0.1) is 0 Å². The highest BCUT2D eigenvalue weighted by Gasteiger charge is 2.34. The van der Waals surface area contributed by atoms with E-state index >= 15 is 0 Å². The average molecular weight is 285 g/mol. The number of nitrogens with zero attached hydrogens (tertiary/aromatic N) is 1. The monoisotopic (exact) mass is 285 g/mol. The van der Waals surface area contributed by atoms with Crippen molar-refractivity contribution in [2.75, 3.05) is 30.3 Å². The highest BCUT2D eigenvalue weighted by molar-refractivity contribution is 5.94. The van der Waals surface area contributed by atoms with E-state index < -0.39 is 0 Å². The molecule has 2 saturated heterocycles. The number of hydrogen-bond donors (Lipinski definition) is 2. The molecular weight excluding hydrogens is 262 g/mol. The van der Waals surface area contributed by atoms with Crippen molar-refractivity contribution in [1.82, 2.24) is 4.90 Å². The lowest BCUT2D eigenvalue weighted by Crippen LogP contribution is -2.39. The molecule has 4 nitrogen and oxygen atoms in total. The van der Waals surface area contributed by atoms with E-state index in [1.165, 1.54) is 32.5 Å². The van der Waals surface area contributed by atoms with Gasteiger partial charge >= 0.3 is 0 Å². The summed E-state index contributed by atoms with van der Waals surface area (Å²) in [6.07, 6.45) is 4.63. The third kappa shape index (κ3) is 2.91. The standard InChI is InChI=1S/C17H23N3O/c21-17(12-4-5-12)19-15-3-1-2-14(10-15)18-16-7-9-20-8-6-13(16)11-20/h1-3,10,12-13,16,18H,4-9,11H2,(H,19,21). The van der Waals surface area contributed by atoms with Gasteiger partial charge in [-0.2, -0.15) is 0 Å². The van der Waals surface area contributed by atoms with Crippen LogP contribution in [0.5, 0.6) is 0 Å². The Morgan fingerprint density at radius 1 is 1.10 bits per heavy atom. The van der Waals surface area contributed by atoms with Crippen LogP contribution in [0.25, 0.3) is 0 Å². The first-order valence-electron chi connectivity index (χ1n) is 8.18. The van der Waals surface area contributed by atoms with Gasteiger partial charge in [0, 0.05) is 36.4 Å². The summed E-state index contributed by atoms with van der Waals surface area (Å²) in [7, 11) is 0. The van der Waals surface area contributed by atoms with Crippen molar-refractivity contribution >= 4 is 17.3 Å². The molecule has 3 fully saturated rings. The van der Waals surface area contributed by atoms with E-state index in [9.17, 15) is 4.79 Å². The summed E-state index contributed by atoms with van der Waals surface area (Å²) in [6.45, 7) is 3.72. The molecule has 2 aliphatic heterocycles. The van der Waals surface area contributed by atoms with Crippen molar-refractivity contribution in [1.29, 1.82) is 0 Å². The van der Waals surface area contributed by atoms with E-state index in [1.54, 1.807) is 0 Å². The van der Waals surface area contributed by atoms with E-state index in [1.807, 2.05) is 12.1 Å². The molecule has 21 heavy (non-hydrogen) atoms. The maximum absolute atomic E-state index is 11.8. The highest BCUT2D eigenvalue weighted by Crippen LogP contribution is 2.32. The first kappa shape index (κ1) is 13.1. The normalized spacial score (nSPS) is 31.0. The molecule has 3 aliphatic rings. The fourth-order valence-corrected chi connectivity index (χ4v) is 3.63. The third-order valence-corrected chi connectivity index (χ3v) is 5.06. The van der Waals surface area contributed by atoms with Crippen LogP contribution in [0.1, 0.15) is 25.7 Å². The molecule has 2 heterocycles. The van der Waals surface area contributed by atoms with Crippen LogP contribution in [0.3, 0.4) is 0 Å². The van der Waals surface area contributed by atoms with Gasteiger partial charge in [-0.05, 0) is 56.3 Å². The second kappa shape index (κ2) is 5.34. The Morgan fingerprint density at radius 3 is 2.76 bits per heavy atom. The number of carbonyl (C=O) groups excluding carboxylic acids is 1. The van der Waals surface area contributed by atoms with Gasteiger partial charge < -0.3 is 15.5 Å². The Balaban J connectivity index is 1.41. The van der Waals surface area contributed by atoms with Crippen LogP contribution < -0.4 is 10.6 Å². The summed E-state index contributed by atoms with van der Waals surface area (Å²) in [5, 5.41) is 6.72.